The van der Waals surface area contributed by atoms with Gasteiger partial charge in [-0.3, -0.25) is 5.32 Å². The molecule has 0 bridgehead atoms. The number of carboxylic acid groups (broad SMARTS) is 1. The summed E-state index contributed by atoms with van der Waals surface area (Å²) >= 11 is 1.12. The van der Waals surface area contributed by atoms with Crippen LogP contribution in [-0.4, -0.2) is 27.8 Å². The molecule has 1 amide bonds. The number of benzene rings is 1. The van der Waals surface area contributed by atoms with Gasteiger partial charge in [-0.05, 0) is 45.7 Å². The first kappa shape index (κ1) is 17.9. The van der Waals surface area contributed by atoms with Crippen molar-refractivity contribution >= 4 is 28.4 Å². The smallest absolute Gasteiger partial charge is 0.412 e. The number of nitrogens with zero attached hydrogens (tertiary/aromatic N) is 1. The minimum atomic E-state index is -1.20. The second-order valence-corrected chi connectivity index (χ2v) is 7.39. The number of aryl methyl sites for hydroxylation is 2. The van der Waals surface area contributed by atoms with Crippen LogP contribution in [0.2, 0.25) is 0 Å². The molecule has 0 atom stereocenters. The van der Waals surface area contributed by atoms with Gasteiger partial charge in [0.05, 0.1) is 0 Å². The van der Waals surface area contributed by atoms with E-state index in [1.54, 1.807) is 20.8 Å². The minimum absolute atomic E-state index is 0.161. The van der Waals surface area contributed by atoms with Gasteiger partial charge in [-0.1, -0.05) is 29.5 Å². The molecule has 0 aliphatic carbocycles. The molecule has 0 aliphatic rings. The van der Waals surface area contributed by atoms with Gasteiger partial charge in [-0.15, -0.1) is 0 Å². The molecule has 0 radical (unpaired) electrons. The van der Waals surface area contributed by atoms with Gasteiger partial charge in [0.1, 0.15) is 15.6 Å². The number of rotatable bonds is 3. The molecule has 2 rings (SSSR count). The van der Waals surface area contributed by atoms with Crippen molar-refractivity contribution < 1.29 is 19.4 Å². The van der Waals surface area contributed by atoms with Crippen LogP contribution in [0.15, 0.2) is 18.2 Å². The first-order chi connectivity index (χ1) is 11.1. The summed E-state index contributed by atoms with van der Waals surface area (Å²) in [5, 5.41) is 12.6. The Hall–Kier alpha value is -2.41. The van der Waals surface area contributed by atoms with Gasteiger partial charge in [0, 0.05) is 5.56 Å². The monoisotopic (exact) mass is 348 g/mol. The van der Waals surface area contributed by atoms with Crippen LogP contribution in [0.25, 0.3) is 10.6 Å². The highest BCUT2D eigenvalue weighted by molar-refractivity contribution is 7.19. The lowest BCUT2D eigenvalue weighted by Crippen LogP contribution is -2.27. The van der Waals surface area contributed by atoms with Crippen molar-refractivity contribution in [1.82, 2.24) is 4.98 Å². The minimum Gasteiger partial charge on any atom is -0.476 e. The zero-order chi connectivity index (χ0) is 18.1. The first-order valence-electron chi connectivity index (χ1n) is 7.39. The number of aromatic carboxylic acids is 1. The molecule has 7 heteroatoms. The van der Waals surface area contributed by atoms with E-state index in [2.05, 4.69) is 10.3 Å². The predicted molar refractivity (Wildman–Crippen MR) is 93.8 cm³/mol. The van der Waals surface area contributed by atoms with Crippen LogP contribution in [0.3, 0.4) is 0 Å². The molecule has 2 aromatic rings. The molecule has 0 saturated heterocycles. The third-order valence-corrected chi connectivity index (χ3v) is 4.13. The number of carbonyl (C=O) groups excluding carboxylic acids is 1. The molecular weight excluding hydrogens is 328 g/mol. The lowest BCUT2D eigenvalue weighted by Gasteiger charge is -2.19. The Labute approximate surface area is 144 Å². The van der Waals surface area contributed by atoms with Crippen LogP contribution < -0.4 is 5.32 Å². The molecule has 6 nitrogen and oxygen atoms in total. The lowest BCUT2D eigenvalue weighted by molar-refractivity contribution is 0.0636. The fourth-order valence-corrected chi connectivity index (χ4v) is 3.32. The summed E-state index contributed by atoms with van der Waals surface area (Å²) in [5.41, 5.74) is 1.99. The summed E-state index contributed by atoms with van der Waals surface area (Å²) in [6.45, 7) is 9.08. The zero-order valence-corrected chi connectivity index (χ0v) is 15.1. The van der Waals surface area contributed by atoms with Crippen molar-refractivity contribution in [3.63, 3.8) is 0 Å². The lowest BCUT2D eigenvalue weighted by atomic mass is 10.0. The molecule has 24 heavy (non-hydrogen) atoms. The van der Waals surface area contributed by atoms with E-state index in [0.29, 0.717) is 5.01 Å². The second-order valence-electron chi connectivity index (χ2n) is 6.40. The van der Waals surface area contributed by atoms with Crippen LogP contribution in [0.4, 0.5) is 9.80 Å². The normalized spacial score (nSPS) is 11.2. The predicted octanol–water partition coefficient (Wildman–Crippen LogP) is 4.47. The number of thiazole rings is 1. The van der Waals surface area contributed by atoms with Gasteiger partial charge in [0.25, 0.3) is 0 Å². The number of ether oxygens (including phenoxy) is 1. The number of carboxylic acids is 1. The Morgan fingerprint density at radius 2 is 1.79 bits per heavy atom. The van der Waals surface area contributed by atoms with E-state index in [1.807, 2.05) is 32.0 Å². The van der Waals surface area contributed by atoms with Gasteiger partial charge >= 0.3 is 12.1 Å². The number of hydrogen-bond donors (Lipinski definition) is 2. The third-order valence-electron chi connectivity index (χ3n) is 3.14. The molecule has 0 spiro atoms. The molecule has 0 fully saturated rings. The number of anilines is 1. The molecular formula is C17H20N2O4S. The van der Waals surface area contributed by atoms with Crippen molar-refractivity contribution in [3.8, 4) is 10.6 Å². The molecule has 128 valence electrons. The maximum absolute atomic E-state index is 11.9. The Kier molecular flexibility index (Phi) is 4.94. The van der Waals surface area contributed by atoms with Gasteiger partial charge in [-0.25, -0.2) is 14.6 Å². The van der Waals surface area contributed by atoms with Crippen LogP contribution in [0, 0.1) is 13.8 Å². The summed E-state index contributed by atoms with van der Waals surface area (Å²) < 4.78 is 5.17. The molecule has 0 saturated carbocycles. The molecule has 0 aliphatic heterocycles. The average molecular weight is 348 g/mol. The third kappa shape index (κ3) is 4.11. The number of amides is 1. The fourth-order valence-electron chi connectivity index (χ4n) is 2.20. The fraction of sp³-hybridized carbons (Fsp3) is 0.353. The van der Waals surface area contributed by atoms with Gasteiger partial charge in [0.2, 0.25) is 0 Å². The van der Waals surface area contributed by atoms with Gasteiger partial charge < -0.3 is 9.84 Å². The second kappa shape index (κ2) is 6.60. The number of carbonyl (C=O) groups is 2. The van der Waals surface area contributed by atoms with Gasteiger partial charge in [0.15, 0.2) is 5.69 Å². The molecule has 2 N–H and O–H groups in total. The topological polar surface area (TPSA) is 88.5 Å². The van der Waals surface area contributed by atoms with Crippen LogP contribution in [0.1, 0.15) is 42.4 Å². The summed E-state index contributed by atoms with van der Waals surface area (Å²) in [6.07, 6.45) is -0.707. The number of nitrogens with one attached hydrogen (secondary N) is 1. The van der Waals surface area contributed by atoms with Crippen molar-refractivity contribution in [3.05, 3.63) is 35.0 Å². The summed E-state index contributed by atoms with van der Waals surface area (Å²) in [6, 6.07) is 5.80. The molecule has 1 heterocycles. The van der Waals surface area contributed by atoms with Crippen molar-refractivity contribution in [2.24, 2.45) is 0 Å². The van der Waals surface area contributed by atoms with E-state index in [4.69, 9.17) is 4.74 Å². The van der Waals surface area contributed by atoms with Crippen LogP contribution in [-0.2, 0) is 4.74 Å². The summed E-state index contributed by atoms with van der Waals surface area (Å²) in [4.78, 5) is 27.6. The average Bonchev–Trinajstić information content (AvgIpc) is 2.79. The highest BCUT2D eigenvalue weighted by atomic mass is 32.1. The van der Waals surface area contributed by atoms with E-state index >= 15 is 0 Å². The standard InChI is InChI=1S/C17H20N2O4S/c1-9-7-6-8-10(2)11(9)13-18-12(15(20)21)14(24-13)19-16(22)23-17(3,4)5/h6-8H,1-5H3,(H,19,22)(H,20,21). The number of aromatic nitrogens is 1. The van der Waals surface area contributed by atoms with Crippen LogP contribution in [0.5, 0.6) is 0 Å². The van der Waals surface area contributed by atoms with E-state index in [1.165, 1.54) is 0 Å². The van der Waals surface area contributed by atoms with E-state index in [0.717, 1.165) is 28.0 Å². The zero-order valence-electron chi connectivity index (χ0n) is 14.3. The molecule has 1 aromatic heterocycles. The van der Waals surface area contributed by atoms with E-state index < -0.39 is 17.7 Å². The Morgan fingerprint density at radius 3 is 2.29 bits per heavy atom. The highest BCUT2D eigenvalue weighted by Gasteiger charge is 2.24. The SMILES string of the molecule is Cc1cccc(C)c1-c1nc(C(=O)O)c(NC(=O)OC(C)(C)C)s1. The quantitative estimate of drug-likeness (QED) is 0.854. The van der Waals surface area contributed by atoms with E-state index in [-0.39, 0.29) is 10.7 Å². The van der Waals surface area contributed by atoms with Crippen molar-refractivity contribution in [2.75, 3.05) is 5.32 Å². The maximum Gasteiger partial charge on any atom is 0.412 e. The number of hydrogen-bond acceptors (Lipinski definition) is 5. The Bertz CT molecular complexity index is 770. The summed E-state index contributed by atoms with van der Waals surface area (Å²) in [7, 11) is 0. The highest BCUT2D eigenvalue weighted by Crippen LogP contribution is 2.35. The van der Waals surface area contributed by atoms with Crippen molar-refractivity contribution in [1.29, 1.82) is 0 Å². The maximum atomic E-state index is 11.9. The molecule has 1 aromatic carbocycles. The first-order valence-corrected chi connectivity index (χ1v) is 8.21. The Balaban J connectivity index is 2.41. The van der Waals surface area contributed by atoms with Crippen LogP contribution >= 0.6 is 11.3 Å². The molecule has 0 unspecified atom stereocenters. The van der Waals surface area contributed by atoms with E-state index in [9.17, 15) is 14.7 Å². The van der Waals surface area contributed by atoms with Gasteiger partial charge in [-0.2, -0.15) is 0 Å². The largest absolute Gasteiger partial charge is 0.476 e. The Morgan fingerprint density at radius 1 is 1.21 bits per heavy atom. The summed E-state index contributed by atoms with van der Waals surface area (Å²) in [5.74, 6) is -1.20. The van der Waals surface area contributed by atoms with Crippen molar-refractivity contribution in [2.45, 2.75) is 40.2 Å².